The molecule has 1 atom stereocenters. The van der Waals surface area contributed by atoms with Crippen molar-refractivity contribution in [2.75, 3.05) is 13.2 Å². The average molecular weight is 208 g/mol. The number of hydrogen-bond donors (Lipinski definition) is 1. The number of hydrogen-bond acceptors (Lipinski definition) is 3. The number of nitrogens with one attached hydrogen (secondary N) is 1. The van der Waals surface area contributed by atoms with Crippen LogP contribution in [-0.2, 0) is 11.3 Å². The Morgan fingerprint density at radius 3 is 3.07 bits per heavy atom. The van der Waals surface area contributed by atoms with E-state index in [9.17, 15) is 0 Å². The molecule has 3 heteroatoms. The van der Waals surface area contributed by atoms with Crippen LogP contribution in [0.4, 0.5) is 0 Å². The molecule has 15 heavy (non-hydrogen) atoms. The van der Waals surface area contributed by atoms with Crippen molar-refractivity contribution >= 4 is 0 Å². The molecule has 1 rings (SSSR count). The lowest BCUT2D eigenvalue weighted by Gasteiger charge is -2.10. The van der Waals surface area contributed by atoms with E-state index in [0.29, 0.717) is 6.10 Å². The van der Waals surface area contributed by atoms with Crippen LogP contribution in [0.1, 0.15) is 25.8 Å². The highest BCUT2D eigenvalue weighted by Gasteiger charge is 1.97. The maximum Gasteiger partial charge on any atom is 0.0594 e. The zero-order valence-electron chi connectivity index (χ0n) is 9.57. The lowest BCUT2D eigenvalue weighted by molar-refractivity contribution is 0.0655. The van der Waals surface area contributed by atoms with Crippen molar-refractivity contribution in [2.45, 2.75) is 32.9 Å². The first-order valence-corrected chi connectivity index (χ1v) is 5.54. The molecule has 0 bridgehead atoms. The summed E-state index contributed by atoms with van der Waals surface area (Å²) in [7, 11) is 0. The van der Waals surface area contributed by atoms with E-state index in [1.807, 2.05) is 12.3 Å². The Morgan fingerprint density at radius 1 is 1.53 bits per heavy atom. The third-order valence-electron chi connectivity index (χ3n) is 2.31. The highest BCUT2D eigenvalue weighted by molar-refractivity contribution is 5.07. The minimum Gasteiger partial charge on any atom is -0.377 e. The molecule has 3 nitrogen and oxygen atoms in total. The Hall–Kier alpha value is -0.930. The van der Waals surface area contributed by atoms with Crippen molar-refractivity contribution in [3.05, 3.63) is 30.1 Å². The molecule has 0 aliphatic heterocycles. The molecule has 1 unspecified atom stereocenters. The smallest absolute Gasteiger partial charge is 0.0594 e. The predicted molar refractivity (Wildman–Crippen MR) is 61.6 cm³/mol. The van der Waals surface area contributed by atoms with Gasteiger partial charge in [0.25, 0.3) is 0 Å². The first kappa shape index (κ1) is 12.1. The fraction of sp³-hybridized carbons (Fsp3) is 0.583. The minimum atomic E-state index is 0.366. The number of pyridine rings is 1. The van der Waals surface area contributed by atoms with E-state index in [1.54, 1.807) is 6.20 Å². The van der Waals surface area contributed by atoms with Crippen molar-refractivity contribution in [3.63, 3.8) is 0 Å². The Bertz CT molecular complexity index is 251. The second-order valence-electron chi connectivity index (χ2n) is 3.63. The molecule has 0 fully saturated rings. The van der Waals surface area contributed by atoms with Crippen molar-refractivity contribution in [1.29, 1.82) is 0 Å². The lowest BCUT2D eigenvalue weighted by Crippen LogP contribution is -2.21. The van der Waals surface area contributed by atoms with Crippen molar-refractivity contribution in [2.24, 2.45) is 0 Å². The van der Waals surface area contributed by atoms with Gasteiger partial charge in [-0.05, 0) is 25.0 Å². The SMILES string of the molecule is CCC(C)OCCNCc1cccnc1. The zero-order valence-corrected chi connectivity index (χ0v) is 9.57. The third-order valence-corrected chi connectivity index (χ3v) is 2.31. The molecular formula is C12H20N2O. The molecule has 0 radical (unpaired) electrons. The van der Waals surface area contributed by atoms with E-state index in [1.165, 1.54) is 5.56 Å². The topological polar surface area (TPSA) is 34.1 Å². The standard InChI is InChI=1S/C12H20N2O/c1-3-11(2)15-8-7-14-10-12-5-4-6-13-9-12/h4-6,9,11,14H,3,7-8,10H2,1-2H3. The Kier molecular flexibility index (Phi) is 5.97. The van der Waals surface area contributed by atoms with Gasteiger partial charge in [-0.15, -0.1) is 0 Å². The van der Waals surface area contributed by atoms with Gasteiger partial charge in [-0.1, -0.05) is 13.0 Å². The monoisotopic (exact) mass is 208 g/mol. The van der Waals surface area contributed by atoms with Crippen LogP contribution in [0, 0.1) is 0 Å². The van der Waals surface area contributed by atoms with Gasteiger partial charge in [-0.3, -0.25) is 4.98 Å². The minimum absolute atomic E-state index is 0.366. The molecule has 0 spiro atoms. The summed E-state index contributed by atoms with van der Waals surface area (Å²) in [6.07, 6.45) is 5.10. The highest BCUT2D eigenvalue weighted by atomic mass is 16.5. The van der Waals surface area contributed by atoms with Gasteiger partial charge < -0.3 is 10.1 Å². The predicted octanol–water partition coefficient (Wildman–Crippen LogP) is 1.99. The van der Waals surface area contributed by atoms with Gasteiger partial charge in [0.1, 0.15) is 0 Å². The van der Waals surface area contributed by atoms with Crippen LogP contribution in [0.2, 0.25) is 0 Å². The molecule has 0 amide bonds. The first-order chi connectivity index (χ1) is 7.33. The molecule has 0 saturated heterocycles. The largest absolute Gasteiger partial charge is 0.377 e. The van der Waals surface area contributed by atoms with E-state index in [-0.39, 0.29) is 0 Å². The molecule has 0 aromatic carbocycles. The summed E-state index contributed by atoms with van der Waals surface area (Å²) in [6, 6.07) is 4.02. The van der Waals surface area contributed by atoms with Crippen LogP contribution in [0.25, 0.3) is 0 Å². The summed E-state index contributed by atoms with van der Waals surface area (Å²) in [6.45, 7) is 6.75. The fourth-order valence-electron chi connectivity index (χ4n) is 1.19. The molecule has 1 N–H and O–H groups in total. The Labute approximate surface area is 91.9 Å². The second-order valence-corrected chi connectivity index (χ2v) is 3.63. The summed E-state index contributed by atoms with van der Waals surface area (Å²) in [4.78, 5) is 4.05. The van der Waals surface area contributed by atoms with Gasteiger partial charge in [0.2, 0.25) is 0 Å². The molecule has 84 valence electrons. The van der Waals surface area contributed by atoms with Crippen LogP contribution < -0.4 is 5.32 Å². The number of nitrogens with zero attached hydrogens (tertiary/aromatic N) is 1. The summed E-state index contributed by atoms with van der Waals surface area (Å²) in [5.74, 6) is 0. The first-order valence-electron chi connectivity index (χ1n) is 5.54. The maximum atomic E-state index is 5.55. The number of aromatic nitrogens is 1. The van der Waals surface area contributed by atoms with Crippen LogP contribution in [0.15, 0.2) is 24.5 Å². The van der Waals surface area contributed by atoms with E-state index in [4.69, 9.17) is 4.74 Å². The quantitative estimate of drug-likeness (QED) is 0.696. The highest BCUT2D eigenvalue weighted by Crippen LogP contribution is 1.95. The average Bonchev–Trinajstić information content (AvgIpc) is 2.29. The van der Waals surface area contributed by atoms with Gasteiger partial charge in [0.05, 0.1) is 12.7 Å². The normalized spacial score (nSPS) is 12.7. The fourth-order valence-corrected chi connectivity index (χ4v) is 1.19. The maximum absolute atomic E-state index is 5.55. The molecule has 0 saturated carbocycles. The van der Waals surface area contributed by atoms with E-state index < -0.39 is 0 Å². The summed E-state index contributed by atoms with van der Waals surface area (Å²) >= 11 is 0. The summed E-state index contributed by atoms with van der Waals surface area (Å²) < 4.78 is 5.55. The second kappa shape index (κ2) is 7.37. The van der Waals surface area contributed by atoms with Crippen molar-refractivity contribution < 1.29 is 4.74 Å². The van der Waals surface area contributed by atoms with Crippen LogP contribution in [0.3, 0.4) is 0 Å². The van der Waals surface area contributed by atoms with Gasteiger partial charge in [-0.2, -0.15) is 0 Å². The van der Waals surface area contributed by atoms with Crippen LogP contribution in [-0.4, -0.2) is 24.2 Å². The van der Waals surface area contributed by atoms with E-state index >= 15 is 0 Å². The van der Waals surface area contributed by atoms with E-state index in [2.05, 4.69) is 30.2 Å². The number of ether oxygens (including phenoxy) is 1. The van der Waals surface area contributed by atoms with Gasteiger partial charge >= 0.3 is 0 Å². The van der Waals surface area contributed by atoms with Crippen molar-refractivity contribution in [3.8, 4) is 0 Å². The van der Waals surface area contributed by atoms with Crippen LogP contribution in [0.5, 0.6) is 0 Å². The zero-order chi connectivity index (χ0) is 10.9. The molecule has 0 aliphatic carbocycles. The van der Waals surface area contributed by atoms with Gasteiger partial charge in [-0.25, -0.2) is 0 Å². The molecular weight excluding hydrogens is 188 g/mol. The molecule has 1 aromatic rings. The Morgan fingerprint density at radius 2 is 2.40 bits per heavy atom. The number of rotatable bonds is 7. The third kappa shape index (κ3) is 5.50. The Balaban J connectivity index is 2.03. The van der Waals surface area contributed by atoms with Gasteiger partial charge in [0, 0.05) is 25.5 Å². The summed E-state index contributed by atoms with van der Waals surface area (Å²) in [5, 5.41) is 3.32. The molecule has 0 aliphatic rings. The van der Waals surface area contributed by atoms with Crippen molar-refractivity contribution in [1.82, 2.24) is 10.3 Å². The summed E-state index contributed by atoms with van der Waals surface area (Å²) in [5.41, 5.74) is 1.21. The van der Waals surface area contributed by atoms with Crippen LogP contribution >= 0.6 is 0 Å². The van der Waals surface area contributed by atoms with Gasteiger partial charge in [0.15, 0.2) is 0 Å². The van der Waals surface area contributed by atoms with E-state index in [0.717, 1.165) is 26.1 Å². The molecule has 1 aromatic heterocycles. The lowest BCUT2D eigenvalue weighted by atomic mass is 10.3. The molecule has 1 heterocycles.